The molecule has 0 saturated carbocycles. The Bertz CT molecular complexity index is 1430. The number of aliphatic hydroxyl groups is 1. The number of rotatable bonds is 10. The molecule has 0 aliphatic rings. The summed E-state index contributed by atoms with van der Waals surface area (Å²) in [7, 11) is 1.88. The van der Waals surface area contributed by atoms with Crippen molar-refractivity contribution in [1.29, 1.82) is 0 Å². The van der Waals surface area contributed by atoms with Crippen LogP contribution in [0.1, 0.15) is 22.4 Å². The highest BCUT2D eigenvalue weighted by atomic mass is 35.5. The molecule has 1 aromatic heterocycles. The van der Waals surface area contributed by atoms with Gasteiger partial charge in [0.1, 0.15) is 5.82 Å². The molecular formula is C28H27Cl2FN4O2. The van der Waals surface area contributed by atoms with Crippen molar-refractivity contribution in [3.8, 4) is 0 Å². The largest absolute Gasteiger partial charge is 0.392 e. The van der Waals surface area contributed by atoms with Crippen molar-refractivity contribution in [1.82, 2.24) is 9.47 Å². The number of halogens is 3. The van der Waals surface area contributed by atoms with Crippen LogP contribution in [0.25, 0.3) is 0 Å². The third-order valence-corrected chi connectivity index (χ3v) is 6.36. The number of hydrogen-bond acceptors (Lipinski definition) is 5. The predicted molar refractivity (Wildman–Crippen MR) is 147 cm³/mol. The standard InChI is InChI=1S/C28H27Cl2FN4O2/c1-34(15-20-4-2-6-23(31)12-20)17-27-25(18-36)26(33-32-24-7-3-5-22(30)13-24)14-28(37)35(27)16-19-8-10-21(29)11-9-19/h2-14,32-33,36H,15-18H2,1H3. The van der Waals surface area contributed by atoms with Crippen LogP contribution in [0.5, 0.6) is 0 Å². The fourth-order valence-electron chi connectivity index (χ4n) is 4.12. The van der Waals surface area contributed by atoms with Gasteiger partial charge in [0.25, 0.3) is 5.56 Å². The zero-order chi connectivity index (χ0) is 26.4. The van der Waals surface area contributed by atoms with E-state index in [-0.39, 0.29) is 18.0 Å². The molecular weight excluding hydrogens is 514 g/mol. The molecule has 1 heterocycles. The zero-order valence-electron chi connectivity index (χ0n) is 20.2. The van der Waals surface area contributed by atoms with Crippen LogP contribution in [0.2, 0.25) is 10.0 Å². The first-order valence-electron chi connectivity index (χ1n) is 11.6. The molecule has 0 aliphatic carbocycles. The summed E-state index contributed by atoms with van der Waals surface area (Å²) >= 11 is 12.1. The smallest absolute Gasteiger partial charge is 0.253 e. The van der Waals surface area contributed by atoms with Gasteiger partial charge in [-0.25, -0.2) is 4.39 Å². The molecule has 3 N–H and O–H groups in total. The second-order valence-electron chi connectivity index (χ2n) is 8.75. The molecule has 0 radical (unpaired) electrons. The highest BCUT2D eigenvalue weighted by Crippen LogP contribution is 2.23. The lowest BCUT2D eigenvalue weighted by atomic mass is 10.1. The summed E-state index contributed by atoms with van der Waals surface area (Å²) in [5.74, 6) is -0.306. The molecule has 4 aromatic rings. The maximum Gasteiger partial charge on any atom is 0.253 e. The molecule has 0 unspecified atom stereocenters. The first-order chi connectivity index (χ1) is 17.8. The van der Waals surface area contributed by atoms with Crippen molar-refractivity contribution < 1.29 is 9.50 Å². The van der Waals surface area contributed by atoms with Crippen LogP contribution < -0.4 is 16.4 Å². The van der Waals surface area contributed by atoms with E-state index >= 15 is 0 Å². The van der Waals surface area contributed by atoms with Crippen LogP contribution in [-0.4, -0.2) is 21.6 Å². The Morgan fingerprint density at radius 2 is 1.65 bits per heavy atom. The topological polar surface area (TPSA) is 69.5 Å². The summed E-state index contributed by atoms with van der Waals surface area (Å²) < 4.78 is 15.4. The van der Waals surface area contributed by atoms with Gasteiger partial charge in [0, 0.05) is 40.5 Å². The number of nitrogens with one attached hydrogen (secondary N) is 2. The summed E-state index contributed by atoms with van der Waals surface area (Å²) in [6.07, 6.45) is 0. The first-order valence-corrected chi connectivity index (χ1v) is 12.4. The molecule has 0 spiro atoms. The summed E-state index contributed by atoms with van der Waals surface area (Å²) in [5.41, 5.74) is 9.90. The zero-order valence-corrected chi connectivity index (χ0v) is 21.7. The molecule has 0 saturated heterocycles. The number of anilines is 2. The molecule has 0 bridgehead atoms. The predicted octanol–water partition coefficient (Wildman–Crippen LogP) is 5.91. The van der Waals surface area contributed by atoms with E-state index in [1.54, 1.807) is 41.0 Å². The second-order valence-corrected chi connectivity index (χ2v) is 9.63. The Hall–Kier alpha value is -3.36. The van der Waals surface area contributed by atoms with E-state index in [1.807, 2.05) is 36.2 Å². The van der Waals surface area contributed by atoms with Crippen LogP contribution >= 0.6 is 23.2 Å². The second kappa shape index (κ2) is 12.3. The summed E-state index contributed by atoms with van der Waals surface area (Å²) in [6.45, 7) is 0.788. The highest BCUT2D eigenvalue weighted by molar-refractivity contribution is 6.31. The number of nitrogens with zero attached hydrogens (tertiary/aromatic N) is 2. The number of hydrazine groups is 1. The van der Waals surface area contributed by atoms with E-state index in [9.17, 15) is 14.3 Å². The average molecular weight is 541 g/mol. The molecule has 4 rings (SSSR count). The van der Waals surface area contributed by atoms with E-state index in [0.29, 0.717) is 52.3 Å². The number of aromatic nitrogens is 1. The van der Waals surface area contributed by atoms with Crippen LogP contribution in [-0.2, 0) is 26.2 Å². The van der Waals surface area contributed by atoms with Gasteiger partial charge >= 0.3 is 0 Å². The lowest BCUT2D eigenvalue weighted by Gasteiger charge is -2.25. The fraction of sp³-hybridized carbons (Fsp3) is 0.179. The van der Waals surface area contributed by atoms with Gasteiger partial charge in [-0.1, -0.05) is 53.5 Å². The molecule has 9 heteroatoms. The van der Waals surface area contributed by atoms with Gasteiger partial charge in [0.15, 0.2) is 0 Å². The Labute approximate surface area is 224 Å². The van der Waals surface area contributed by atoms with E-state index in [0.717, 1.165) is 11.1 Å². The summed E-state index contributed by atoms with van der Waals surface area (Å²) in [5, 5.41) is 11.6. The fourth-order valence-corrected chi connectivity index (χ4v) is 4.43. The number of aliphatic hydroxyl groups excluding tert-OH is 1. The van der Waals surface area contributed by atoms with Gasteiger partial charge in [0.05, 0.1) is 24.5 Å². The van der Waals surface area contributed by atoms with E-state index in [1.165, 1.54) is 18.2 Å². The third kappa shape index (κ3) is 7.11. The van der Waals surface area contributed by atoms with E-state index < -0.39 is 0 Å². The van der Waals surface area contributed by atoms with Crippen LogP contribution in [0.4, 0.5) is 15.8 Å². The minimum absolute atomic E-state index is 0.239. The minimum atomic E-state index is -0.306. The molecule has 0 fully saturated rings. The summed E-state index contributed by atoms with van der Waals surface area (Å²) in [4.78, 5) is 15.3. The number of hydrogen-bond donors (Lipinski definition) is 3. The van der Waals surface area contributed by atoms with E-state index in [2.05, 4.69) is 10.9 Å². The SMILES string of the molecule is CN(Cc1cccc(F)c1)Cc1c(CO)c(NNc2cccc(Cl)c2)cc(=O)n1Cc1ccc(Cl)cc1. The van der Waals surface area contributed by atoms with Crippen LogP contribution in [0.15, 0.2) is 83.7 Å². The van der Waals surface area contributed by atoms with Gasteiger partial charge in [0.2, 0.25) is 0 Å². The Kier molecular flexibility index (Phi) is 8.84. The molecule has 192 valence electrons. The van der Waals surface area contributed by atoms with Crippen molar-refractivity contribution in [3.63, 3.8) is 0 Å². The van der Waals surface area contributed by atoms with Crippen molar-refractivity contribution in [3.05, 3.63) is 127 Å². The van der Waals surface area contributed by atoms with Crippen molar-refractivity contribution in [2.75, 3.05) is 17.9 Å². The van der Waals surface area contributed by atoms with Gasteiger partial charge in [-0.3, -0.25) is 9.69 Å². The molecule has 37 heavy (non-hydrogen) atoms. The monoisotopic (exact) mass is 540 g/mol. The van der Waals surface area contributed by atoms with Crippen LogP contribution in [0, 0.1) is 5.82 Å². The lowest BCUT2D eigenvalue weighted by molar-refractivity contribution is 0.269. The molecule has 6 nitrogen and oxygen atoms in total. The van der Waals surface area contributed by atoms with Crippen molar-refractivity contribution in [2.45, 2.75) is 26.2 Å². The van der Waals surface area contributed by atoms with Gasteiger partial charge < -0.3 is 20.5 Å². The quantitative estimate of drug-likeness (QED) is 0.218. The van der Waals surface area contributed by atoms with Crippen molar-refractivity contribution in [2.24, 2.45) is 0 Å². The Morgan fingerprint density at radius 1 is 0.892 bits per heavy atom. The van der Waals surface area contributed by atoms with Gasteiger partial charge in [-0.2, -0.15) is 0 Å². The Morgan fingerprint density at radius 3 is 2.35 bits per heavy atom. The lowest BCUT2D eigenvalue weighted by Crippen LogP contribution is -2.31. The highest BCUT2D eigenvalue weighted by Gasteiger charge is 2.18. The third-order valence-electron chi connectivity index (χ3n) is 5.87. The number of benzene rings is 3. The van der Waals surface area contributed by atoms with Crippen molar-refractivity contribution >= 4 is 34.6 Å². The normalized spacial score (nSPS) is 11.1. The number of pyridine rings is 1. The molecule has 0 atom stereocenters. The van der Waals surface area contributed by atoms with Gasteiger partial charge in [-0.05, 0) is 60.6 Å². The maximum absolute atomic E-state index is 13.7. The average Bonchev–Trinajstić information content (AvgIpc) is 2.86. The maximum atomic E-state index is 13.7. The Balaban J connectivity index is 1.69. The molecule has 0 aliphatic heterocycles. The van der Waals surface area contributed by atoms with Gasteiger partial charge in [-0.15, -0.1) is 0 Å². The molecule has 3 aromatic carbocycles. The summed E-state index contributed by atoms with van der Waals surface area (Å²) in [6, 6.07) is 22.2. The van der Waals surface area contributed by atoms with Crippen LogP contribution in [0.3, 0.4) is 0 Å². The molecule has 0 amide bonds. The minimum Gasteiger partial charge on any atom is -0.392 e. The van der Waals surface area contributed by atoms with E-state index in [4.69, 9.17) is 23.2 Å². The first kappa shape index (κ1) is 26.7.